The van der Waals surface area contributed by atoms with Crippen molar-refractivity contribution in [1.29, 1.82) is 0 Å². The molecule has 2 aromatic heterocycles. The number of rotatable bonds is 6. The van der Waals surface area contributed by atoms with E-state index in [4.69, 9.17) is 4.74 Å². The van der Waals surface area contributed by atoms with Gasteiger partial charge in [0.15, 0.2) is 6.61 Å². The van der Waals surface area contributed by atoms with Gasteiger partial charge in [-0.05, 0) is 30.9 Å². The molecule has 26 heavy (non-hydrogen) atoms. The lowest BCUT2D eigenvalue weighted by atomic mass is 9.86. The van der Waals surface area contributed by atoms with Crippen molar-refractivity contribution < 1.29 is 14.3 Å². The van der Waals surface area contributed by atoms with Gasteiger partial charge < -0.3 is 10.1 Å². The molecule has 1 aliphatic carbocycles. The normalized spacial score (nSPS) is 19.7. The van der Waals surface area contributed by atoms with Crippen LogP contribution in [0.2, 0.25) is 0 Å². The van der Waals surface area contributed by atoms with Crippen molar-refractivity contribution in [2.45, 2.75) is 45.1 Å². The maximum Gasteiger partial charge on any atom is 0.312 e. The van der Waals surface area contributed by atoms with E-state index in [1.54, 1.807) is 12.4 Å². The number of carbonyl (C=O) groups is 2. The number of thiazole rings is 1. The molecule has 0 spiro atoms. The van der Waals surface area contributed by atoms with Crippen LogP contribution in [-0.2, 0) is 20.7 Å². The second kappa shape index (κ2) is 8.89. The average molecular weight is 373 g/mol. The molecule has 1 N–H and O–H groups in total. The van der Waals surface area contributed by atoms with E-state index >= 15 is 0 Å². The molecule has 1 aliphatic rings. The summed E-state index contributed by atoms with van der Waals surface area (Å²) in [5.41, 5.74) is 1.55. The first-order valence-electron chi connectivity index (χ1n) is 8.91. The zero-order valence-electron chi connectivity index (χ0n) is 14.8. The molecule has 0 saturated heterocycles. The minimum atomic E-state index is -0.445. The maximum atomic E-state index is 12.0. The standard InChI is InChI=1S/C19H23N3O3S/c1-13-5-2-3-7-16(13)22-17(23)11-25-18(24)9-15-12-26-19(21-15)14-6-4-8-20-10-14/h4,6,8,10,12-13,16H,2-3,5,7,9,11H2,1H3,(H,22,23)/t13-,16-/m0/s1. The number of esters is 1. The van der Waals surface area contributed by atoms with Crippen LogP contribution in [0.4, 0.5) is 0 Å². The number of nitrogens with zero attached hydrogens (tertiary/aromatic N) is 2. The van der Waals surface area contributed by atoms with Crippen LogP contribution >= 0.6 is 11.3 Å². The van der Waals surface area contributed by atoms with Crippen molar-refractivity contribution >= 4 is 23.2 Å². The van der Waals surface area contributed by atoms with E-state index in [2.05, 4.69) is 22.2 Å². The minimum absolute atomic E-state index is 0.0594. The van der Waals surface area contributed by atoms with Gasteiger partial charge in [-0.2, -0.15) is 0 Å². The number of ether oxygens (including phenoxy) is 1. The lowest BCUT2D eigenvalue weighted by Gasteiger charge is -2.29. The molecule has 3 rings (SSSR count). The molecule has 138 valence electrons. The van der Waals surface area contributed by atoms with E-state index in [1.807, 2.05) is 17.5 Å². The summed E-state index contributed by atoms with van der Waals surface area (Å²) in [6.07, 6.45) is 7.98. The third kappa shape index (κ3) is 5.11. The molecule has 0 unspecified atom stereocenters. The Hall–Kier alpha value is -2.28. The number of aromatic nitrogens is 2. The van der Waals surface area contributed by atoms with E-state index in [0.717, 1.165) is 29.8 Å². The van der Waals surface area contributed by atoms with Gasteiger partial charge in [0.2, 0.25) is 0 Å². The van der Waals surface area contributed by atoms with Crippen molar-refractivity contribution in [2.75, 3.05) is 6.61 Å². The van der Waals surface area contributed by atoms with Crippen LogP contribution in [-0.4, -0.2) is 34.5 Å². The molecule has 2 heterocycles. The third-order valence-corrected chi connectivity index (χ3v) is 5.55. The zero-order valence-corrected chi connectivity index (χ0v) is 15.6. The molecular formula is C19H23N3O3S. The summed E-state index contributed by atoms with van der Waals surface area (Å²) in [6.45, 7) is 1.92. The van der Waals surface area contributed by atoms with Crippen molar-refractivity contribution in [3.8, 4) is 10.6 Å². The number of hydrogen-bond acceptors (Lipinski definition) is 6. The van der Waals surface area contributed by atoms with Gasteiger partial charge in [0, 0.05) is 29.4 Å². The van der Waals surface area contributed by atoms with E-state index < -0.39 is 5.97 Å². The molecule has 0 radical (unpaired) electrons. The Bertz CT molecular complexity index is 747. The summed E-state index contributed by atoms with van der Waals surface area (Å²) in [4.78, 5) is 32.5. The van der Waals surface area contributed by atoms with E-state index in [9.17, 15) is 9.59 Å². The smallest absolute Gasteiger partial charge is 0.312 e. The average Bonchev–Trinajstić information content (AvgIpc) is 3.11. The second-order valence-electron chi connectivity index (χ2n) is 6.66. The van der Waals surface area contributed by atoms with Crippen LogP contribution in [0.15, 0.2) is 29.9 Å². The number of amides is 1. The van der Waals surface area contributed by atoms with Gasteiger partial charge in [-0.15, -0.1) is 11.3 Å². The van der Waals surface area contributed by atoms with Gasteiger partial charge in [-0.25, -0.2) is 4.98 Å². The highest BCUT2D eigenvalue weighted by Gasteiger charge is 2.23. The Morgan fingerprint density at radius 2 is 2.19 bits per heavy atom. The van der Waals surface area contributed by atoms with Crippen LogP contribution in [0, 0.1) is 5.92 Å². The van der Waals surface area contributed by atoms with E-state index in [-0.39, 0.29) is 25.0 Å². The fourth-order valence-electron chi connectivity index (χ4n) is 3.13. The molecule has 6 nitrogen and oxygen atoms in total. The Labute approximate surface area is 157 Å². The maximum absolute atomic E-state index is 12.0. The van der Waals surface area contributed by atoms with E-state index in [0.29, 0.717) is 11.6 Å². The molecule has 0 aromatic carbocycles. The molecule has 1 fully saturated rings. The van der Waals surface area contributed by atoms with Gasteiger partial charge in [-0.1, -0.05) is 19.8 Å². The van der Waals surface area contributed by atoms with Crippen LogP contribution in [0.25, 0.3) is 10.6 Å². The molecular weight excluding hydrogens is 350 g/mol. The number of pyridine rings is 1. The molecule has 0 bridgehead atoms. The van der Waals surface area contributed by atoms with Crippen molar-refractivity contribution in [3.63, 3.8) is 0 Å². The minimum Gasteiger partial charge on any atom is -0.455 e. The third-order valence-electron chi connectivity index (χ3n) is 4.61. The summed E-state index contributed by atoms with van der Waals surface area (Å²) in [7, 11) is 0. The highest BCUT2D eigenvalue weighted by molar-refractivity contribution is 7.13. The van der Waals surface area contributed by atoms with Crippen molar-refractivity contribution in [2.24, 2.45) is 5.92 Å². The monoisotopic (exact) mass is 373 g/mol. The molecule has 2 atom stereocenters. The first kappa shape index (κ1) is 18.5. The Morgan fingerprint density at radius 3 is 2.96 bits per heavy atom. The molecule has 2 aromatic rings. The van der Waals surface area contributed by atoms with Crippen LogP contribution in [0.3, 0.4) is 0 Å². The lowest BCUT2D eigenvalue weighted by Crippen LogP contribution is -2.42. The predicted molar refractivity (Wildman–Crippen MR) is 99.6 cm³/mol. The van der Waals surface area contributed by atoms with Crippen LogP contribution < -0.4 is 5.32 Å². The summed E-state index contributed by atoms with van der Waals surface area (Å²) in [5.74, 6) is -0.199. The van der Waals surface area contributed by atoms with Crippen LogP contribution in [0.5, 0.6) is 0 Å². The van der Waals surface area contributed by atoms with Crippen molar-refractivity contribution in [1.82, 2.24) is 15.3 Å². The predicted octanol–water partition coefficient (Wildman–Crippen LogP) is 2.99. The summed E-state index contributed by atoms with van der Waals surface area (Å²) in [5, 5.41) is 5.61. The Kier molecular flexibility index (Phi) is 6.33. The molecule has 7 heteroatoms. The second-order valence-corrected chi connectivity index (χ2v) is 7.52. The molecule has 0 aliphatic heterocycles. The highest BCUT2D eigenvalue weighted by Crippen LogP contribution is 2.24. The summed E-state index contributed by atoms with van der Waals surface area (Å²) < 4.78 is 5.10. The molecule has 1 amide bonds. The number of hydrogen-bond donors (Lipinski definition) is 1. The SMILES string of the molecule is C[C@H]1CCCC[C@@H]1NC(=O)COC(=O)Cc1csc(-c2cccnc2)n1. The fourth-order valence-corrected chi connectivity index (χ4v) is 3.94. The lowest BCUT2D eigenvalue weighted by molar-refractivity contribution is -0.148. The van der Waals surface area contributed by atoms with Gasteiger partial charge in [0.05, 0.1) is 12.1 Å². The quantitative estimate of drug-likeness (QED) is 0.787. The van der Waals surface area contributed by atoms with E-state index in [1.165, 1.54) is 17.8 Å². The Morgan fingerprint density at radius 1 is 1.35 bits per heavy atom. The largest absolute Gasteiger partial charge is 0.455 e. The molecule has 1 saturated carbocycles. The first-order valence-corrected chi connectivity index (χ1v) is 9.79. The zero-order chi connectivity index (χ0) is 18.4. The van der Waals surface area contributed by atoms with Crippen molar-refractivity contribution in [3.05, 3.63) is 35.6 Å². The summed E-state index contributed by atoms with van der Waals surface area (Å²) in [6, 6.07) is 3.96. The van der Waals surface area contributed by atoms with Gasteiger partial charge in [-0.3, -0.25) is 14.6 Å². The van der Waals surface area contributed by atoms with Gasteiger partial charge in [0.1, 0.15) is 5.01 Å². The number of carbonyl (C=O) groups excluding carboxylic acids is 2. The first-order chi connectivity index (χ1) is 12.6. The fraction of sp³-hybridized carbons (Fsp3) is 0.474. The van der Waals surface area contributed by atoms with Gasteiger partial charge in [0.25, 0.3) is 5.91 Å². The Balaban J connectivity index is 1.44. The van der Waals surface area contributed by atoms with Crippen LogP contribution in [0.1, 0.15) is 38.3 Å². The number of nitrogens with one attached hydrogen (secondary N) is 1. The highest BCUT2D eigenvalue weighted by atomic mass is 32.1. The topological polar surface area (TPSA) is 81.2 Å². The summed E-state index contributed by atoms with van der Waals surface area (Å²) >= 11 is 1.45. The van der Waals surface area contributed by atoms with Gasteiger partial charge >= 0.3 is 5.97 Å².